The molecule has 2 aromatic rings. The zero-order valence-corrected chi connectivity index (χ0v) is 19.0. The van der Waals surface area contributed by atoms with E-state index in [1.807, 2.05) is 25.3 Å². The number of nitrogens with one attached hydrogen (secondary N) is 1. The number of hydrogen-bond donors (Lipinski definition) is 1. The number of nitrogens with zero attached hydrogens (tertiary/aromatic N) is 3. The van der Waals surface area contributed by atoms with Crippen LogP contribution < -0.4 is 5.32 Å². The van der Waals surface area contributed by atoms with Crippen molar-refractivity contribution < 1.29 is 14.3 Å². The van der Waals surface area contributed by atoms with E-state index < -0.39 is 0 Å². The van der Waals surface area contributed by atoms with Crippen LogP contribution in [0.2, 0.25) is 0 Å². The van der Waals surface area contributed by atoms with Crippen LogP contribution in [0.1, 0.15) is 54.4 Å². The molecule has 2 aliphatic rings. The van der Waals surface area contributed by atoms with Crippen molar-refractivity contribution in [2.75, 3.05) is 38.1 Å². The molecule has 1 aliphatic carbocycles. The van der Waals surface area contributed by atoms with E-state index in [2.05, 4.69) is 16.3 Å². The normalized spacial score (nSPS) is 17.7. The van der Waals surface area contributed by atoms with Crippen LogP contribution in [-0.4, -0.2) is 59.6 Å². The fourth-order valence-electron chi connectivity index (χ4n) is 4.56. The van der Waals surface area contributed by atoms with Crippen LogP contribution in [0.15, 0.2) is 24.4 Å². The van der Waals surface area contributed by atoms with E-state index in [4.69, 9.17) is 9.72 Å². The largest absolute Gasteiger partial charge is 0.450 e. The van der Waals surface area contributed by atoms with Crippen molar-refractivity contribution in [3.05, 3.63) is 46.1 Å². The summed E-state index contributed by atoms with van der Waals surface area (Å²) in [5.41, 5.74) is 3.55. The molecule has 3 heterocycles. The van der Waals surface area contributed by atoms with E-state index in [0.717, 1.165) is 36.6 Å². The molecule has 4 rings (SSSR count). The number of carbonyl (C=O) groups excluding carboxylic acids is 2. The fraction of sp³-hybridized carbons (Fsp3) is 0.522. The summed E-state index contributed by atoms with van der Waals surface area (Å²) in [5, 5.41) is 4.05. The van der Waals surface area contributed by atoms with Gasteiger partial charge in [0.25, 0.3) is 0 Å². The van der Waals surface area contributed by atoms with Crippen molar-refractivity contribution in [3.8, 4) is 0 Å². The first kappa shape index (κ1) is 21.8. The Morgan fingerprint density at radius 1 is 1.19 bits per heavy atom. The quantitative estimate of drug-likeness (QED) is 0.761. The summed E-state index contributed by atoms with van der Waals surface area (Å²) in [4.78, 5) is 34.4. The molecule has 0 unspecified atom stereocenters. The molecule has 0 spiro atoms. The zero-order valence-electron chi connectivity index (χ0n) is 18.2. The molecule has 2 amide bonds. The Labute approximate surface area is 187 Å². The third-order valence-electron chi connectivity index (χ3n) is 5.95. The van der Waals surface area contributed by atoms with E-state index in [0.29, 0.717) is 19.7 Å². The van der Waals surface area contributed by atoms with Gasteiger partial charge in [-0.15, -0.1) is 11.3 Å². The summed E-state index contributed by atoms with van der Waals surface area (Å²) in [6.07, 6.45) is 6.04. The number of carbonyl (C=O) groups is 2. The minimum atomic E-state index is -0.247. The summed E-state index contributed by atoms with van der Waals surface area (Å²) >= 11 is 1.72. The molecule has 1 atom stereocenters. The summed E-state index contributed by atoms with van der Waals surface area (Å²) in [6.45, 7) is 6.46. The van der Waals surface area contributed by atoms with E-state index in [9.17, 15) is 9.59 Å². The lowest BCUT2D eigenvalue weighted by Crippen LogP contribution is -2.50. The SMILES string of the molecule is CCOC(=O)N1CCN([C@@H](c2ccccn2)c2c(NC(C)=O)sc3c2CCCC3)CC1. The molecule has 31 heavy (non-hydrogen) atoms. The molecule has 1 fully saturated rings. The molecule has 0 radical (unpaired) electrons. The number of amides is 2. The Morgan fingerprint density at radius 3 is 2.65 bits per heavy atom. The highest BCUT2D eigenvalue weighted by Gasteiger charge is 2.35. The molecule has 8 heteroatoms. The standard InChI is InChI=1S/C23H30N4O3S/c1-3-30-23(29)27-14-12-26(13-15-27)21(18-9-6-7-11-24-18)20-17-8-4-5-10-19(17)31-22(20)25-16(2)28/h6-7,9,11,21H,3-5,8,10,12-15H2,1-2H3,(H,25,28)/t21-/m0/s1. The molecule has 1 saturated heterocycles. The molecule has 1 aliphatic heterocycles. The maximum Gasteiger partial charge on any atom is 0.409 e. The van der Waals surface area contributed by atoms with Gasteiger partial charge in [-0.1, -0.05) is 6.07 Å². The number of fused-ring (bicyclic) bond motifs is 1. The second-order valence-electron chi connectivity index (χ2n) is 8.01. The number of piperazine rings is 1. The van der Waals surface area contributed by atoms with Crippen molar-refractivity contribution in [1.82, 2.24) is 14.8 Å². The van der Waals surface area contributed by atoms with Crippen molar-refractivity contribution in [3.63, 3.8) is 0 Å². The first-order chi connectivity index (χ1) is 15.1. The van der Waals surface area contributed by atoms with Crippen molar-refractivity contribution >= 4 is 28.3 Å². The van der Waals surface area contributed by atoms with Crippen molar-refractivity contribution in [2.45, 2.75) is 45.6 Å². The van der Waals surface area contributed by atoms with Gasteiger partial charge < -0.3 is 15.0 Å². The number of ether oxygens (including phenoxy) is 1. The number of anilines is 1. The number of aromatic nitrogens is 1. The molecular weight excluding hydrogens is 412 g/mol. The molecule has 7 nitrogen and oxygen atoms in total. The second kappa shape index (κ2) is 9.78. The Morgan fingerprint density at radius 2 is 1.97 bits per heavy atom. The van der Waals surface area contributed by atoms with Crippen LogP contribution in [0.3, 0.4) is 0 Å². The van der Waals surface area contributed by atoms with Gasteiger partial charge in [0.2, 0.25) is 5.91 Å². The van der Waals surface area contributed by atoms with Gasteiger partial charge >= 0.3 is 6.09 Å². The molecule has 2 aromatic heterocycles. The van der Waals surface area contributed by atoms with Crippen LogP contribution in [0.4, 0.5) is 9.80 Å². The highest BCUT2D eigenvalue weighted by Crippen LogP contribution is 2.45. The van der Waals surface area contributed by atoms with Gasteiger partial charge in [0.15, 0.2) is 0 Å². The fourth-order valence-corrected chi connectivity index (χ4v) is 5.93. The Kier molecular flexibility index (Phi) is 6.87. The van der Waals surface area contributed by atoms with E-state index in [1.54, 1.807) is 23.2 Å². The van der Waals surface area contributed by atoms with Gasteiger partial charge in [0.1, 0.15) is 5.00 Å². The van der Waals surface area contributed by atoms with E-state index in [1.165, 1.54) is 28.8 Å². The van der Waals surface area contributed by atoms with E-state index in [-0.39, 0.29) is 18.0 Å². The first-order valence-electron chi connectivity index (χ1n) is 11.1. The minimum Gasteiger partial charge on any atom is -0.450 e. The number of pyridine rings is 1. The predicted octanol–water partition coefficient (Wildman–Crippen LogP) is 3.84. The van der Waals surface area contributed by atoms with Gasteiger partial charge in [0.05, 0.1) is 18.3 Å². The maximum atomic E-state index is 12.2. The molecule has 0 bridgehead atoms. The van der Waals surface area contributed by atoms with Crippen LogP contribution >= 0.6 is 11.3 Å². The van der Waals surface area contributed by atoms with Gasteiger partial charge in [-0.2, -0.15) is 0 Å². The Hall–Kier alpha value is -2.45. The van der Waals surface area contributed by atoms with Crippen LogP contribution in [0, 0.1) is 0 Å². The molecular formula is C23H30N4O3S. The topological polar surface area (TPSA) is 74.8 Å². The van der Waals surface area contributed by atoms with Gasteiger partial charge in [-0.25, -0.2) is 4.79 Å². The third kappa shape index (κ3) is 4.75. The average Bonchev–Trinajstić information content (AvgIpc) is 3.12. The lowest BCUT2D eigenvalue weighted by atomic mass is 9.90. The van der Waals surface area contributed by atoms with Crippen molar-refractivity contribution in [1.29, 1.82) is 0 Å². The Balaban J connectivity index is 1.70. The van der Waals surface area contributed by atoms with Crippen molar-refractivity contribution in [2.24, 2.45) is 0 Å². The van der Waals surface area contributed by atoms with Crippen LogP contribution in [-0.2, 0) is 22.4 Å². The average molecular weight is 443 g/mol. The van der Waals surface area contributed by atoms with Gasteiger partial charge in [-0.05, 0) is 50.3 Å². The number of rotatable bonds is 5. The number of thiophene rings is 1. The van der Waals surface area contributed by atoms with Crippen LogP contribution in [0.5, 0.6) is 0 Å². The summed E-state index contributed by atoms with van der Waals surface area (Å²) in [6, 6.07) is 5.95. The summed E-state index contributed by atoms with van der Waals surface area (Å²) in [5.74, 6) is -0.0493. The Bertz CT molecular complexity index is 922. The maximum absolute atomic E-state index is 12.2. The molecule has 0 saturated carbocycles. The molecule has 1 N–H and O–H groups in total. The predicted molar refractivity (Wildman–Crippen MR) is 122 cm³/mol. The summed E-state index contributed by atoms with van der Waals surface area (Å²) < 4.78 is 5.18. The minimum absolute atomic E-state index is 0.0493. The molecule has 0 aromatic carbocycles. The third-order valence-corrected chi connectivity index (χ3v) is 7.17. The lowest BCUT2D eigenvalue weighted by Gasteiger charge is -2.39. The number of hydrogen-bond acceptors (Lipinski definition) is 6. The first-order valence-corrected chi connectivity index (χ1v) is 11.9. The van der Waals surface area contributed by atoms with Gasteiger partial charge in [0, 0.05) is 49.7 Å². The highest BCUT2D eigenvalue weighted by molar-refractivity contribution is 7.16. The number of aryl methyl sites for hydroxylation is 1. The summed E-state index contributed by atoms with van der Waals surface area (Å²) in [7, 11) is 0. The zero-order chi connectivity index (χ0) is 21.8. The highest BCUT2D eigenvalue weighted by atomic mass is 32.1. The smallest absolute Gasteiger partial charge is 0.409 e. The van der Waals surface area contributed by atoms with Crippen LogP contribution in [0.25, 0.3) is 0 Å². The van der Waals surface area contributed by atoms with E-state index >= 15 is 0 Å². The second-order valence-corrected chi connectivity index (χ2v) is 9.12. The lowest BCUT2D eigenvalue weighted by molar-refractivity contribution is -0.114. The monoisotopic (exact) mass is 442 g/mol. The van der Waals surface area contributed by atoms with Gasteiger partial charge in [-0.3, -0.25) is 14.7 Å². The molecule has 166 valence electrons.